The highest BCUT2D eigenvalue weighted by atomic mass is 19.1. The summed E-state index contributed by atoms with van der Waals surface area (Å²) in [4.78, 5) is 46.3. The van der Waals surface area contributed by atoms with Crippen LogP contribution in [0.1, 0.15) is 91.0 Å². The lowest BCUT2D eigenvalue weighted by Crippen LogP contribution is -2.38. The number of benzene rings is 3. The highest BCUT2D eigenvalue weighted by Gasteiger charge is 2.57. The van der Waals surface area contributed by atoms with Gasteiger partial charge in [0.05, 0.1) is 35.0 Å². The summed E-state index contributed by atoms with van der Waals surface area (Å²) in [7, 11) is 0. The number of piperidine rings is 2. The SMILES string of the molecule is CC(C)(C)OC(=O)N1[C@@H]2CC2C[C@H]1c1ncc(-c2ccc(-c3ccc4c(ccc5[nH]c([C@@H]6C[C@H]7C[C@H]7N6C(=O)OC(C)(C)C)nc54)c3)cc2F)[nH]1. The van der Waals surface area contributed by atoms with E-state index in [9.17, 15) is 9.59 Å². The van der Waals surface area contributed by atoms with Crippen molar-refractivity contribution in [3.05, 3.63) is 72.2 Å². The van der Waals surface area contributed by atoms with Gasteiger partial charge in [-0.3, -0.25) is 9.80 Å². The molecule has 2 N–H and O–H groups in total. The first-order valence-corrected chi connectivity index (χ1v) is 18.0. The highest BCUT2D eigenvalue weighted by Crippen LogP contribution is 2.54. The fourth-order valence-electron chi connectivity index (χ4n) is 8.27. The highest BCUT2D eigenvalue weighted by molar-refractivity contribution is 6.05. The van der Waals surface area contributed by atoms with Gasteiger partial charge in [-0.05, 0) is 120 Å². The lowest BCUT2D eigenvalue weighted by molar-refractivity contribution is 0.0164. The van der Waals surface area contributed by atoms with Gasteiger partial charge in [0.15, 0.2) is 0 Å². The number of H-pyrrole nitrogens is 2. The van der Waals surface area contributed by atoms with Crippen molar-refractivity contribution in [1.82, 2.24) is 29.7 Å². The molecule has 6 atom stereocenters. The molecule has 2 aliphatic heterocycles. The van der Waals surface area contributed by atoms with Crippen LogP contribution in [0.4, 0.5) is 14.0 Å². The Morgan fingerprint density at radius 2 is 1.37 bits per heavy atom. The van der Waals surface area contributed by atoms with Gasteiger partial charge in [-0.2, -0.15) is 0 Å². The lowest BCUT2D eigenvalue weighted by Gasteiger charge is -2.29. The standard InChI is InChI=1S/C40H43FN6O4/c1-39(2,3)50-37(48)46-30-15-23(30)17-32(46)35-42-19-29(44-35)26-11-8-21(14-27(26)41)20-7-10-25-22(13-20)9-12-28-34(25)45-36(43-28)33-18-24-16-31(24)47(33)38(49)51-40(4,5)6/h7-14,19,23-24,30-33H,15-18H2,1-6H3,(H,42,44)(H,43,45)/t23?,24-,30-,31-,32+,33+/m1/s1. The van der Waals surface area contributed by atoms with Crippen molar-refractivity contribution < 1.29 is 23.5 Å². The minimum absolute atomic E-state index is 0.148. The Balaban J connectivity index is 0.955. The number of aromatic nitrogens is 4. The first kappa shape index (κ1) is 32.0. The molecule has 4 heterocycles. The smallest absolute Gasteiger partial charge is 0.411 e. The number of fused-ring (bicyclic) bond motifs is 5. The summed E-state index contributed by atoms with van der Waals surface area (Å²) in [6, 6.07) is 15.4. The maximum atomic E-state index is 15.8. The van der Waals surface area contributed by atoms with Crippen LogP contribution < -0.4 is 0 Å². The summed E-state index contributed by atoms with van der Waals surface area (Å²) < 4.78 is 27.2. The molecular weight excluding hydrogens is 647 g/mol. The first-order chi connectivity index (χ1) is 24.2. The van der Waals surface area contributed by atoms with Crippen LogP contribution >= 0.6 is 0 Å². The number of nitrogens with one attached hydrogen (secondary N) is 2. The van der Waals surface area contributed by atoms with Crippen LogP contribution in [0.25, 0.3) is 44.2 Å². The molecule has 0 bridgehead atoms. The van der Waals surface area contributed by atoms with Gasteiger partial charge < -0.3 is 19.4 Å². The summed E-state index contributed by atoms with van der Waals surface area (Å²) in [5.74, 6) is 2.01. The second kappa shape index (κ2) is 11.0. The van der Waals surface area contributed by atoms with Gasteiger partial charge in [0.1, 0.15) is 28.7 Å². The molecule has 2 aromatic heterocycles. The van der Waals surface area contributed by atoms with Gasteiger partial charge in [0.2, 0.25) is 0 Å². The molecule has 4 aliphatic rings. The molecule has 2 saturated heterocycles. The number of imidazole rings is 2. The fraction of sp³-hybridized carbons (Fsp3) is 0.450. The average molecular weight is 691 g/mol. The first-order valence-electron chi connectivity index (χ1n) is 18.0. The van der Waals surface area contributed by atoms with Crippen LogP contribution in [0.3, 0.4) is 0 Å². The number of hydrogen-bond acceptors (Lipinski definition) is 6. The molecule has 9 rings (SSSR count). The number of ether oxygens (including phenoxy) is 2. The minimum atomic E-state index is -0.587. The molecule has 3 aromatic carbocycles. The van der Waals surface area contributed by atoms with Crippen LogP contribution in [0.15, 0.2) is 54.7 Å². The maximum absolute atomic E-state index is 15.8. The fourth-order valence-corrected chi connectivity index (χ4v) is 8.27. The van der Waals surface area contributed by atoms with Crippen molar-refractivity contribution in [3.63, 3.8) is 0 Å². The molecule has 10 nitrogen and oxygen atoms in total. The molecule has 0 radical (unpaired) electrons. The Hall–Kier alpha value is -4.93. The molecule has 0 spiro atoms. The molecule has 51 heavy (non-hydrogen) atoms. The zero-order chi connectivity index (χ0) is 35.6. The number of rotatable bonds is 4. The van der Waals surface area contributed by atoms with Crippen LogP contribution in [0.2, 0.25) is 0 Å². The number of amides is 2. The van der Waals surface area contributed by atoms with Crippen LogP contribution in [0, 0.1) is 17.7 Å². The Morgan fingerprint density at radius 3 is 2.00 bits per heavy atom. The molecule has 1 unspecified atom stereocenters. The van der Waals surface area contributed by atoms with E-state index in [2.05, 4.69) is 21.0 Å². The quantitative estimate of drug-likeness (QED) is 0.194. The number of hydrogen-bond donors (Lipinski definition) is 2. The predicted molar refractivity (Wildman–Crippen MR) is 191 cm³/mol. The van der Waals surface area contributed by atoms with E-state index in [1.165, 1.54) is 0 Å². The van der Waals surface area contributed by atoms with E-state index in [1.807, 2.05) is 81.7 Å². The predicted octanol–water partition coefficient (Wildman–Crippen LogP) is 9.05. The summed E-state index contributed by atoms with van der Waals surface area (Å²) in [5, 5.41) is 1.97. The van der Waals surface area contributed by atoms with E-state index in [4.69, 9.17) is 14.5 Å². The Morgan fingerprint density at radius 1 is 0.765 bits per heavy atom. The Bertz CT molecular complexity index is 2230. The van der Waals surface area contributed by atoms with Crippen LogP contribution in [0.5, 0.6) is 0 Å². The van der Waals surface area contributed by atoms with E-state index in [0.717, 1.165) is 64.4 Å². The number of carbonyl (C=O) groups is 2. The molecule has 2 aliphatic carbocycles. The van der Waals surface area contributed by atoms with Crippen molar-refractivity contribution >= 4 is 34.0 Å². The zero-order valence-corrected chi connectivity index (χ0v) is 29.8. The van der Waals surface area contributed by atoms with E-state index >= 15 is 4.39 Å². The lowest BCUT2D eigenvalue weighted by atomic mass is 9.99. The third-order valence-electron chi connectivity index (χ3n) is 10.7. The number of aromatic amines is 2. The second-order valence-corrected chi connectivity index (χ2v) is 16.8. The molecule has 2 amide bonds. The van der Waals surface area contributed by atoms with Crippen LogP contribution in [-0.4, -0.2) is 65.2 Å². The van der Waals surface area contributed by atoms with E-state index in [1.54, 1.807) is 18.3 Å². The summed E-state index contributed by atoms with van der Waals surface area (Å²) >= 11 is 0. The van der Waals surface area contributed by atoms with Gasteiger partial charge >= 0.3 is 12.2 Å². The maximum Gasteiger partial charge on any atom is 0.411 e. The normalized spacial score (nSPS) is 25.3. The van der Waals surface area contributed by atoms with Crippen molar-refractivity contribution in [2.45, 2.75) is 103 Å². The monoisotopic (exact) mass is 690 g/mol. The average Bonchev–Trinajstić information content (AvgIpc) is 3.68. The number of halogens is 1. The largest absolute Gasteiger partial charge is 0.444 e. The van der Waals surface area contributed by atoms with Gasteiger partial charge in [-0.15, -0.1) is 0 Å². The summed E-state index contributed by atoms with van der Waals surface area (Å²) in [6.45, 7) is 11.3. The van der Waals surface area contributed by atoms with E-state index in [0.29, 0.717) is 28.9 Å². The van der Waals surface area contributed by atoms with Gasteiger partial charge in [-0.25, -0.2) is 23.9 Å². The van der Waals surface area contributed by atoms with E-state index in [-0.39, 0.29) is 42.2 Å². The number of nitrogens with zero attached hydrogens (tertiary/aromatic N) is 4. The summed E-state index contributed by atoms with van der Waals surface area (Å²) in [6.07, 6.45) is 4.72. The van der Waals surface area contributed by atoms with Gasteiger partial charge in [0, 0.05) is 23.0 Å². The topological polar surface area (TPSA) is 116 Å². The van der Waals surface area contributed by atoms with E-state index < -0.39 is 11.2 Å². The summed E-state index contributed by atoms with van der Waals surface area (Å²) in [5.41, 5.74) is 3.23. The molecule has 5 aromatic rings. The van der Waals surface area contributed by atoms with Crippen molar-refractivity contribution in [1.29, 1.82) is 0 Å². The molecule has 11 heteroatoms. The molecule has 2 saturated carbocycles. The van der Waals surface area contributed by atoms with Gasteiger partial charge in [-0.1, -0.05) is 24.3 Å². The van der Waals surface area contributed by atoms with Crippen LogP contribution in [-0.2, 0) is 9.47 Å². The third-order valence-corrected chi connectivity index (χ3v) is 10.7. The molecule has 264 valence electrons. The minimum Gasteiger partial charge on any atom is -0.444 e. The zero-order valence-electron chi connectivity index (χ0n) is 29.8. The van der Waals surface area contributed by atoms with Crippen molar-refractivity contribution in [2.24, 2.45) is 11.8 Å². The Labute approximate surface area is 295 Å². The second-order valence-electron chi connectivity index (χ2n) is 16.8. The molecular formula is C40H43FN6O4. The number of likely N-dealkylation sites (tertiary alicyclic amines) is 2. The number of carbonyl (C=O) groups excluding carboxylic acids is 2. The third kappa shape index (κ3) is 5.70. The van der Waals surface area contributed by atoms with Gasteiger partial charge in [0.25, 0.3) is 0 Å². The Kier molecular flexibility index (Phi) is 6.93. The van der Waals surface area contributed by atoms with Crippen molar-refractivity contribution in [2.75, 3.05) is 0 Å². The molecule has 4 fully saturated rings. The van der Waals surface area contributed by atoms with Crippen molar-refractivity contribution in [3.8, 4) is 22.4 Å².